The number of hydrogen-bond donors (Lipinski definition) is 1. The van der Waals surface area contributed by atoms with E-state index in [9.17, 15) is 0 Å². The lowest BCUT2D eigenvalue weighted by atomic mass is 10.1. The molecule has 0 aliphatic rings. The van der Waals surface area contributed by atoms with Gasteiger partial charge in [-0.2, -0.15) is 5.10 Å². The average Bonchev–Trinajstić information content (AvgIpc) is 3.07. The number of halogens is 1. The van der Waals surface area contributed by atoms with Gasteiger partial charge in [0.1, 0.15) is 17.5 Å². The zero-order chi connectivity index (χ0) is 15.2. The van der Waals surface area contributed by atoms with Crippen LogP contribution < -0.4 is 10.1 Å². The topological polar surface area (TPSA) is 52.2 Å². The lowest BCUT2D eigenvalue weighted by Gasteiger charge is -2.19. The average molecular weight is 312 g/mol. The van der Waals surface area contributed by atoms with Crippen LogP contribution in [0.1, 0.15) is 44.2 Å². The Morgan fingerprint density at radius 3 is 2.76 bits per heavy atom. The van der Waals surface area contributed by atoms with Gasteiger partial charge in [0.2, 0.25) is 0 Å². The fraction of sp³-hybridized carbons (Fsp3) is 0.533. The molecule has 2 aromatic rings. The highest BCUT2D eigenvalue weighted by Gasteiger charge is 2.25. The number of methoxy groups -OCH3 is 1. The monoisotopic (exact) mass is 311 g/mol. The van der Waals surface area contributed by atoms with Gasteiger partial charge in [0, 0.05) is 6.54 Å². The van der Waals surface area contributed by atoms with E-state index in [1.54, 1.807) is 19.4 Å². The normalized spacial score (nSPS) is 12.6. The van der Waals surface area contributed by atoms with Gasteiger partial charge >= 0.3 is 0 Å². The van der Waals surface area contributed by atoms with Crippen LogP contribution in [-0.4, -0.2) is 23.4 Å². The van der Waals surface area contributed by atoms with Crippen LogP contribution >= 0.6 is 11.6 Å². The molecular weight excluding hydrogens is 290 g/mol. The van der Waals surface area contributed by atoms with Crippen LogP contribution in [0.2, 0.25) is 5.22 Å². The summed E-state index contributed by atoms with van der Waals surface area (Å²) in [5.41, 5.74) is 0.971. The SMILES string of the molecule is CCCNC(c1ccc(Cl)o1)c1c(OC)cnn1CCC. The molecule has 0 radical (unpaired) electrons. The van der Waals surface area contributed by atoms with Gasteiger partial charge in [0.15, 0.2) is 11.0 Å². The molecule has 0 fully saturated rings. The zero-order valence-electron chi connectivity index (χ0n) is 12.7. The molecule has 1 N–H and O–H groups in total. The Hall–Kier alpha value is -1.46. The third-order valence-electron chi connectivity index (χ3n) is 3.25. The second-order valence-corrected chi connectivity index (χ2v) is 5.22. The number of furan rings is 1. The fourth-order valence-electron chi connectivity index (χ4n) is 2.32. The van der Waals surface area contributed by atoms with Gasteiger partial charge in [-0.15, -0.1) is 0 Å². The van der Waals surface area contributed by atoms with Crippen molar-refractivity contribution in [1.82, 2.24) is 15.1 Å². The van der Waals surface area contributed by atoms with Crippen molar-refractivity contribution in [1.29, 1.82) is 0 Å². The van der Waals surface area contributed by atoms with Crippen LogP contribution in [0.4, 0.5) is 0 Å². The quantitative estimate of drug-likeness (QED) is 0.808. The number of hydrogen-bond acceptors (Lipinski definition) is 4. The van der Waals surface area contributed by atoms with Gasteiger partial charge in [-0.1, -0.05) is 13.8 Å². The maximum absolute atomic E-state index is 5.93. The molecule has 6 heteroatoms. The summed E-state index contributed by atoms with van der Waals surface area (Å²) in [6.45, 7) is 5.94. The van der Waals surface area contributed by atoms with Gasteiger partial charge in [-0.05, 0) is 43.1 Å². The second-order valence-electron chi connectivity index (χ2n) is 4.85. The van der Waals surface area contributed by atoms with Crippen LogP contribution in [0.25, 0.3) is 0 Å². The number of ether oxygens (including phenoxy) is 1. The first-order valence-electron chi connectivity index (χ1n) is 7.29. The molecule has 116 valence electrons. The standard InChI is InChI=1S/C15H22ClN3O2/c1-4-8-17-14(11-6-7-13(16)21-11)15-12(20-3)10-18-19(15)9-5-2/h6-7,10,14,17H,4-5,8-9H2,1-3H3. The molecule has 0 spiro atoms. The molecule has 0 bridgehead atoms. The summed E-state index contributed by atoms with van der Waals surface area (Å²) in [5, 5.41) is 8.28. The van der Waals surface area contributed by atoms with E-state index >= 15 is 0 Å². The van der Waals surface area contributed by atoms with E-state index in [-0.39, 0.29) is 6.04 Å². The summed E-state index contributed by atoms with van der Waals surface area (Å²) >= 11 is 5.93. The van der Waals surface area contributed by atoms with Crippen molar-refractivity contribution in [2.45, 2.75) is 39.3 Å². The van der Waals surface area contributed by atoms with E-state index < -0.39 is 0 Å². The molecule has 2 heterocycles. The number of nitrogens with zero attached hydrogens (tertiary/aromatic N) is 2. The number of rotatable bonds is 8. The summed E-state index contributed by atoms with van der Waals surface area (Å²) in [6, 6.07) is 3.52. The number of aryl methyl sites for hydroxylation is 1. The predicted octanol–water partition coefficient (Wildman–Crippen LogP) is 3.64. The molecule has 0 aromatic carbocycles. The summed E-state index contributed by atoms with van der Waals surface area (Å²) in [4.78, 5) is 0. The maximum atomic E-state index is 5.93. The molecule has 5 nitrogen and oxygen atoms in total. The van der Waals surface area contributed by atoms with E-state index in [1.165, 1.54) is 0 Å². The van der Waals surface area contributed by atoms with Crippen molar-refractivity contribution in [3.05, 3.63) is 35.0 Å². The molecule has 2 aromatic heterocycles. The van der Waals surface area contributed by atoms with Crippen LogP contribution in [0.5, 0.6) is 5.75 Å². The van der Waals surface area contributed by atoms with Crippen molar-refractivity contribution in [2.75, 3.05) is 13.7 Å². The van der Waals surface area contributed by atoms with E-state index in [0.29, 0.717) is 5.22 Å². The Kier molecular flexibility index (Phi) is 5.70. The number of aromatic nitrogens is 2. The summed E-state index contributed by atoms with van der Waals surface area (Å²) in [5.74, 6) is 1.52. The molecule has 2 rings (SSSR count). The van der Waals surface area contributed by atoms with Gasteiger partial charge in [-0.25, -0.2) is 0 Å². The first-order valence-corrected chi connectivity index (χ1v) is 7.67. The summed E-state index contributed by atoms with van der Waals surface area (Å²) in [6.07, 6.45) is 3.77. The molecule has 0 saturated carbocycles. The fourth-order valence-corrected chi connectivity index (χ4v) is 2.47. The van der Waals surface area contributed by atoms with Crippen molar-refractivity contribution in [2.24, 2.45) is 0 Å². The Bertz CT molecular complexity index is 565. The highest BCUT2D eigenvalue weighted by atomic mass is 35.5. The minimum absolute atomic E-state index is 0.124. The number of nitrogens with one attached hydrogen (secondary N) is 1. The minimum Gasteiger partial charge on any atom is -0.493 e. The molecule has 0 saturated heterocycles. The van der Waals surface area contributed by atoms with Crippen LogP contribution in [-0.2, 0) is 6.54 Å². The van der Waals surface area contributed by atoms with E-state index in [4.69, 9.17) is 20.8 Å². The summed E-state index contributed by atoms with van der Waals surface area (Å²) in [7, 11) is 1.66. The Labute approximate surface area is 130 Å². The van der Waals surface area contributed by atoms with E-state index in [0.717, 1.165) is 43.1 Å². The molecule has 0 aliphatic heterocycles. The smallest absolute Gasteiger partial charge is 0.193 e. The van der Waals surface area contributed by atoms with E-state index in [2.05, 4.69) is 24.3 Å². The Morgan fingerprint density at radius 1 is 1.38 bits per heavy atom. The van der Waals surface area contributed by atoms with Gasteiger partial charge in [0.25, 0.3) is 0 Å². The molecule has 1 unspecified atom stereocenters. The van der Waals surface area contributed by atoms with E-state index in [1.807, 2.05) is 10.7 Å². The van der Waals surface area contributed by atoms with Gasteiger partial charge < -0.3 is 14.5 Å². The maximum Gasteiger partial charge on any atom is 0.193 e. The van der Waals surface area contributed by atoms with Gasteiger partial charge in [0.05, 0.1) is 13.3 Å². The van der Waals surface area contributed by atoms with Gasteiger partial charge in [-0.3, -0.25) is 4.68 Å². The van der Waals surface area contributed by atoms with Crippen molar-refractivity contribution in [3.63, 3.8) is 0 Å². The summed E-state index contributed by atoms with van der Waals surface area (Å²) < 4.78 is 13.0. The molecular formula is C15H22ClN3O2. The van der Waals surface area contributed by atoms with Crippen LogP contribution in [0.15, 0.2) is 22.7 Å². The third-order valence-corrected chi connectivity index (χ3v) is 3.45. The highest BCUT2D eigenvalue weighted by Crippen LogP contribution is 2.32. The minimum atomic E-state index is -0.124. The molecule has 1 atom stereocenters. The molecule has 21 heavy (non-hydrogen) atoms. The first-order chi connectivity index (χ1) is 10.2. The van der Waals surface area contributed by atoms with Crippen molar-refractivity contribution < 1.29 is 9.15 Å². The molecule has 0 aliphatic carbocycles. The zero-order valence-corrected chi connectivity index (χ0v) is 13.5. The predicted molar refractivity (Wildman–Crippen MR) is 82.9 cm³/mol. The van der Waals surface area contributed by atoms with Crippen LogP contribution in [0.3, 0.4) is 0 Å². The highest BCUT2D eigenvalue weighted by molar-refractivity contribution is 6.28. The largest absolute Gasteiger partial charge is 0.493 e. The van der Waals surface area contributed by atoms with Crippen LogP contribution in [0, 0.1) is 0 Å². The van der Waals surface area contributed by atoms with Crippen molar-refractivity contribution >= 4 is 11.6 Å². The first kappa shape index (κ1) is 15.9. The third kappa shape index (κ3) is 3.60. The second kappa shape index (κ2) is 7.52. The van der Waals surface area contributed by atoms with Crippen molar-refractivity contribution in [3.8, 4) is 5.75 Å². The molecule has 0 amide bonds. The Morgan fingerprint density at radius 2 is 2.19 bits per heavy atom. The Balaban J connectivity index is 2.42. The lowest BCUT2D eigenvalue weighted by molar-refractivity contribution is 0.381. The lowest BCUT2D eigenvalue weighted by Crippen LogP contribution is -2.26.